The third-order valence-corrected chi connectivity index (χ3v) is 2.76. The quantitative estimate of drug-likeness (QED) is 0.740. The summed E-state index contributed by atoms with van der Waals surface area (Å²) in [5.41, 5.74) is 2.75. The first kappa shape index (κ1) is 12.1. The Morgan fingerprint density at radius 2 is 2.47 bits per heavy atom. The van der Waals surface area contributed by atoms with Crippen molar-refractivity contribution in [3.05, 3.63) is 16.6 Å². The standard InChI is InChI=1S/C10H17N3OS/c1-11-5-3-4-10(14)13(2)6-9-7-15-8-12-9/h7-8,11H,3-6H2,1-2H3. The Balaban J connectivity index is 2.27. The zero-order valence-electron chi connectivity index (χ0n) is 9.19. The molecule has 84 valence electrons. The minimum Gasteiger partial charge on any atom is -0.340 e. The van der Waals surface area contributed by atoms with Gasteiger partial charge in [0.1, 0.15) is 0 Å². The minimum absolute atomic E-state index is 0.179. The van der Waals surface area contributed by atoms with Crippen LogP contribution in [0.5, 0.6) is 0 Å². The number of nitrogens with zero attached hydrogens (tertiary/aromatic N) is 2. The van der Waals surface area contributed by atoms with Gasteiger partial charge in [0.25, 0.3) is 0 Å². The van der Waals surface area contributed by atoms with Crippen LogP contribution in [0.25, 0.3) is 0 Å². The van der Waals surface area contributed by atoms with Crippen LogP contribution < -0.4 is 5.32 Å². The van der Waals surface area contributed by atoms with Crippen molar-refractivity contribution in [2.45, 2.75) is 19.4 Å². The van der Waals surface area contributed by atoms with Crippen LogP contribution >= 0.6 is 11.3 Å². The molecule has 1 N–H and O–H groups in total. The summed E-state index contributed by atoms with van der Waals surface area (Å²) >= 11 is 1.56. The molecule has 0 aliphatic heterocycles. The molecule has 0 spiro atoms. The number of rotatable bonds is 6. The lowest BCUT2D eigenvalue weighted by Gasteiger charge is -2.15. The van der Waals surface area contributed by atoms with E-state index in [0.29, 0.717) is 13.0 Å². The van der Waals surface area contributed by atoms with E-state index in [1.165, 1.54) is 0 Å². The molecule has 0 bridgehead atoms. The van der Waals surface area contributed by atoms with Crippen LogP contribution in [-0.2, 0) is 11.3 Å². The summed E-state index contributed by atoms with van der Waals surface area (Å²) in [6.07, 6.45) is 1.48. The van der Waals surface area contributed by atoms with Gasteiger partial charge in [-0.1, -0.05) is 0 Å². The molecule has 5 heteroatoms. The van der Waals surface area contributed by atoms with Gasteiger partial charge in [-0.25, -0.2) is 4.98 Å². The van der Waals surface area contributed by atoms with Crippen molar-refractivity contribution in [3.63, 3.8) is 0 Å². The Hall–Kier alpha value is -0.940. The molecule has 0 saturated heterocycles. The SMILES string of the molecule is CNCCCC(=O)N(C)Cc1cscn1. The number of hydrogen-bond donors (Lipinski definition) is 1. The lowest BCUT2D eigenvalue weighted by atomic mass is 10.2. The first-order valence-electron chi connectivity index (χ1n) is 4.99. The molecular weight excluding hydrogens is 210 g/mol. The molecule has 0 aromatic carbocycles. The maximum atomic E-state index is 11.6. The Labute approximate surface area is 94.3 Å². The van der Waals surface area contributed by atoms with Crippen LogP contribution in [0.15, 0.2) is 10.9 Å². The predicted octanol–water partition coefficient (Wildman–Crippen LogP) is 1.10. The molecule has 1 amide bonds. The van der Waals surface area contributed by atoms with Crippen LogP contribution in [0, 0.1) is 0 Å². The summed E-state index contributed by atoms with van der Waals surface area (Å²) in [5, 5.41) is 5.00. The van der Waals surface area contributed by atoms with E-state index in [1.54, 1.807) is 21.7 Å². The first-order chi connectivity index (χ1) is 7.24. The minimum atomic E-state index is 0.179. The largest absolute Gasteiger partial charge is 0.340 e. The average Bonchev–Trinajstić information content (AvgIpc) is 2.70. The third-order valence-electron chi connectivity index (χ3n) is 2.13. The number of nitrogens with one attached hydrogen (secondary N) is 1. The molecule has 0 aliphatic carbocycles. The fourth-order valence-corrected chi connectivity index (χ4v) is 1.80. The highest BCUT2D eigenvalue weighted by Gasteiger charge is 2.09. The second-order valence-electron chi connectivity index (χ2n) is 3.44. The molecule has 0 unspecified atom stereocenters. The molecule has 0 aliphatic rings. The monoisotopic (exact) mass is 227 g/mol. The zero-order valence-corrected chi connectivity index (χ0v) is 10.0. The van der Waals surface area contributed by atoms with Gasteiger partial charge in [0, 0.05) is 18.8 Å². The van der Waals surface area contributed by atoms with E-state index in [-0.39, 0.29) is 5.91 Å². The lowest BCUT2D eigenvalue weighted by Crippen LogP contribution is -2.26. The van der Waals surface area contributed by atoms with Crippen molar-refractivity contribution in [2.75, 3.05) is 20.6 Å². The Kier molecular flexibility index (Phi) is 5.28. The molecule has 1 aromatic heterocycles. The van der Waals surface area contributed by atoms with Crippen LogP contribution in [0.2, 0.25) is 0 Å². The van der Waals surface area contributed by atoms with Crippen LogP contribution in [-0.4, -0.2) is 36.4 Å². The van der Waals surface area contributed by atoms with Gasteiger partial charge in [-0.3, -0.25) is 4.79 Å². The maximum Gasteiger partial charge on any atom is 0.222 e. The Bertz CT molecular complexity index is 287. The van der Waals surface area contributed by atoms with Crippen LogP contribution in [0.1, 0.15) is 18.5 Å². The molecule has 0 atom stereocenters. The molecule has 1 aromatic rings. The van der Waals surface area contributed by atoms with E-state index in [4.69, 9.17) is 0 Å². The van der Waals surface area contributed by atoms with Gasteiger partial charge >= 0.3 is 0 Å². The molecule has 4 nitrogen and oxygen atoms in total. The summed E-state index contributed by atoms with van der Waals surface area (Å²) < 4.78 is 0. The van der Waals surface area contributed by atoms with E-state index in [2.05, 4.69) is 10.3 Å². The van der Waals surface area contributed by atoms with Crippen molar-refractivity contribution < 1.29 is 4.79 Å². The molecule has 0 saturated carbocycles. The summed E-state index contributed by atoms with van der Waals surface area (Å²) in [7, 11) is 3.71. The molecule has 0 radical (unpaired) electrons. The van der Waals surface area contributed by atoms with Gasteiger partial charge in [-0.05, 0) is 20.0 Å². The van der Waals surface area contributed by atoms with Gasteiger partial charge in [0.2, 0.25) is 5.91 Å². The fourth-order valence-electron chi connectivity index (χ4n) is 1.25. The molecule has 1 rings (SSSR count). The second-order valence-corrected chi connectivity index (χ2v) is 4.16. The Morgan fingerprint density at radius 1 is 1.67 bits per heavy atom. The van der Waals surface area contributed by atoms with Crippen molar-refractivity contribution >= 4 is 17.2 Å². The molecule has 1 heterocycles. The third kappa shape index (κ3) is 4.40. The van der Waals surface area contributed by atoms with Crippen molar-refractivity contribution in [2.24, 2.45) is 0 Å². The van der Waals surface area contributed by atoms with Crippen LogP contribution in [0.4, 0.5) is 0 Å². The second kappa shape index (κ2) is 6.53. The van der Waals surface area contributed by atoms with Gasteiger partial charge in [0.05, 0.1) is 17.7 Å². The van der Waals surface area contributed by atoms with E-state index >= 15 is 0 Å². The van der Waals surface area contributed by atoms with E-state index < -0.39 is 0 Å². The van der Waals surface area contributed by atoms with Gasteiger partial charge in [-0.15, -0.1) is 11.3 Å². The predicted molar refractivity (Wildman–Crippen MR) is 61.7 cm³/mol. The number of carbonyl (C=O) groups is 1. The first-order valence-corrected chi connectivity index (χ1v) is 5.94. The van der Waals surface area contributed by atoms with Crippen LogP contribution in [0.3, 0.4) is 0 Å². The summed E-state index contributed by atoms with van der Waals surface area (Å²) in [6, 6.07) is 0. The summed E-state index contributed by atoms with van der Waals surface area (Å²) in [4.78, 5) is 17.5. The number of hydrogen-bond acceptors (Lipinski definition) is 4. The van der Waals surface area contributed by atoms with Gasteiger partial charge < -0.3 is 10.2 Å². The Morgan fingerprint density at radius 3 is 3.07 bits per heavy atom. The lowest BCUT2D eigenvalue weighted by molar-refractivity contribution is -0.130. The van der Waals surface area contributed by atoms with Gasteiger partial charge in [0.15, 0.2) is 0 Å². The molecule has 0 fully saturated rings. The highest BCUT2D eigenvalue weighted by atomic mass is 32.1. The summed E-state index contributed by atoms with van der Waals surface area (Å²) in [6.45, 7) is 1.50. The van der Waals surface area contributed by atoms with E-state index in [9.17, 15) is 4.79 Å². The topological polar surface area (TPSA) is 45.2 Å². The van der Waals surface area contributed by atoms with E-state index in [1.807, 2.05) is 19.5 Å². The summed E-state index contributed by atoms with van der Waals surface area (Å²) in [5.74, 6) is 0.179. The van der Waals surface area contributed by atoms with Gasteiger partial charge in [-0.2, -0.15) is 0 Å². The highest BCUT2D eigenvalue weighted by molar-refractivity contribution is 7.07. The fraction of sp³-hybridized carbons (Fsp3) is 0.600. The molecular formula is C10H17N3OS. The normalized spacial score (nSPS) is 10.3. The van der Waals surface area contributed by atoms with Crippen molar-refractivity contribution in [1.29, 1.82) is 0 Å². The number of amides is 1. The number of aromatic nitrogens is 1. The van der Waals surface area contributed by atoms with Crippen molar-refractivity contribution in [3.8, 4) is 0 Å². The smallest absolute Gasteiger partial charge is 0.222 e. The zero-order chi connectivity index (χ0) is 11.1. The number of carbonyl (C=O) groups excluding carboxylic acids is 1. The number of thiazole rings is 1. The average molecular weight is 227 g/mol. The highest BCUT2D eigenvalue weighted by Crippen LogP contribution is 2.05. The maximum absolute atomic E-state index is 11.6. The van der Waals surface area contributed by atoms with E-state index in [0.717, 1.165) is 18.7 Å². The molecule has 15 heavy (non-hydrogen) atoms. The van der Waals surface area contributed by atoms with Crippen molar-refractivity contribution in [1.82, 2.24) is 15.2 Å².